The van der Waals surface area contributed by atoms with E-state index in [0.717, 1.165) is 0 Å². The molecule has 0 aromatic rings. The first-order valence-electron chi connectivity index (χ1n) is 3.90. The third kappa shape index (κ3) is 9.52. The minimum absolute atomic E-state index is 0.0676. The highest BCUT2D eigenvalue weighted by molar-refractivity contribution is 7.80. The SMILES string of the molecule is O=C(CCS)NCCCC(F)(F)F. The number of hydrogen-bond acceptors (Lipinski definition) is 2. The number of thiol groups is 1. The Balaban J connectivity index is 3.31. The third-order valence-corrected chi connectivity index (χ3v) is 1.52. The van der Waals surface area contributed by atoms with Gasteiger partial charge in [-0.2, -0.15) is 25.8 Å². The fourth-order valence-electron chi connectivity index (χ4n) is 0.707. The molecule has 0 aliphatic heterocycles. The molecule has 0 saturated carbocycles. The molecule has 0 spiro atoms. The molecule has 0 rings (SSSR count). The molecule has 0 aromatic carbocycles. The number of nitrogens with one attached hydrogen (secondary N) is 1. The Hall–Kier alpha value is -0.390. The lowest BCUT2D eigenvalue weighted by molar-refractivity contribution is -0.136. The Morgan fingerprint density at radius 1 is 1.38 bits per heavy atom. The highest BCUT2D eigenvalue weighted by Gasteiger charge is 2.25. The van der Waals surface area contributed by atoms with Gasteiger partial charge in [0.25, 0.3) is 0 Å². The van der Waals surface area contributed by atoms with E-state index in [1.54, 1.807) is 0 Å². The summed E-state index contributed by atoms with van der Waals surface area (Å²) in [6.07, 6.45) is -4.81. The fraction of sp³-hybridized carbons (Fsp3) is 0.857. The number of hydrogen-bond donors (Lipinski definition) is 2. The van der Waals surface area contributed by atoms with Gasteiger partial charge in [0.05, 0.1) is 0 Å². The van der Waals surface area contributed by atoms with Crippen molar-refractivity contribution in [2.45, 2.75) is 25.4 Å². The highest BCUT2D eigenvalue weighted by Crippen LogP contribution is 2.20. The minimum Gasteiger partial charge on any atom is -0.356 e. The number of alkyl halides is 3. The maximum Gasteiger partial charge on any atom is 0.389 e. The van der Waals surface area contributed by atoms with Gasteiger partial charge in [0.15, 0.2) is 0 Å². The second kappa shape index (κ2) is 6.12. The highest BCUT2D eigenvalue weighted by atomic mass is 32.1. The van der Waals surface area contributed by atoms with E-state index in [9.17, 15) is 18.0 Å². The quantitative estimate of drug-likeness (QED) is 0.531. The van der Waals surface area contributed by atoms with Crippen molar-refractivity contribution in [1.29, 1.82) is 0 Å². The van der Waals surface area contributed by atoms with Gasteiger partial charge in [0.1, 0.15) is 0 Å². The summed E-state index contributed by atoms with van der Waals surface area (Å²) >= 11 is 3.81. The smallest absolute Gasteiger partial charge is 0.356 e. The normalized spacial score (nSPS) is 11.4. The van der Waals surface area contributed by atoms with E-state index in [-0.39, 0.29) is 25.3 Å². The molecule has 0 bridgehead atoms. The lowest BCUT2D eigenvalue weighted by Gasteiger charge is -2.06. The topological polar surface area (TPSA) is 29.1 Å². The van der Waals surface area contributed by atoms with Gasteiger partial charge in [0, 0.05) is 19.4 Å². The molecule has 0 atom stereocenters. The largest absolute Gasteiger partial charge is 0.389 e. The van der Waals surface area contributed by atoms with Gasteiger partial charge in [-0.3, -0.25) is 4.79 Å². The van der Waals surface area contributed by atoms with Crippen LogP contribution in [0.3, 0.4) is 0 Å². The first kappa shape index (κ1) is 12.6. The molecule has 0 radical (unpaired) electrons. The number of amides is 1. The summed E-state index contributed by atoms with van der Waals surface area (Å²) in [4.78, 5) is 10.7. The molecule has 13 heavy (non-hydrogen) atoms. The molecule has 1 N–H and O–H groups in total. The zero-order chi connectivity index (χ0) is 10.3. The van der Waals surface area contributed by atoms with Gasteiger partial charge in [-0.05, 0) is 12.2 Å². The summed E-state index contributed by atoms with van der Waals surface area (Å²) in [6.45, 7) is 0.0755. The molecule has 0 aliphatic rings. The molecule has 0 heterocycles. The molecule has 0 saturated heterocycles. The van der Waals surface area contributed by atoms with E-state index >= 15 is 0 Å². The van der Waals surface area contributed by atoms with Crippen molar-refractivity contribution in [3.63, 3.8) is 0 Å². The second-order valence-corrected chi connectivity index (χ2v) is 2.99. The predicted molar refractivity (Wildman–Crippen MR) is 46.8 cm³/mol. The molecule has 0 unspecified atom stereocenters. The summed E-state index contributed by atoms with van der Waals surface area (Å²) in [5, 5.41) is 2.37. The van der Waals surface area contributed by atoms with Crippen LogP contribution in [0, 0.1) is 0 Å². The summed E-state index contributed by atoms with van der Waals surface area (Å²) in [5.41, 5.74) is 0. The van der Waals surface area contributed by atoms with Crippen LogP contribution in [0.2, 0.25) is 0 Å². The van der Waals surface area contributed by atoms with Crippen LogP contribution in [0.4, 0.5) is 13.2 Å². The molecule has 1 amide bonds. The Bertz CT molecular complexity index is 160. The predicted octanol–water partition coefficient (Wildman–Crippen LogP) is 1.77. The number of rotatable bonds is 5. The van der Waals surface area contributed by atoms with Gasteiger partial charge < -0.3 is 5.32 Å². The van der Waals surface area contributed by atoms with Crippen molar-refractivity contribution in [3.8, 4) is 0 Å². The average molecular weight is 215 g/mol. The molecule has 6 heteroatoms. The van der Waals surface area contributed by atoms with E-state index in [1.165, 1.54) is 0 Å². The summed E-state index contributed by atoms with van der Waals surface area (Å²) < 4.78 is 34.8. The minimum atomic E-state index is -4.13. The molecule has 0 fully saturated rings. The lowest BCUT2D eigenvalue weighted by atomic mass is 10.3. The Labute approximate surface area is 80.3 Å². The van der Waals surface area contributed by atoms with Crippen LogP contribution in [0.5, 0.6) is 0 Å². The van der Waals surface area contributed by atoms with Crippen LogP contribution in [-0.2, 0) is 4.79 Å². The van der Waals surface area contributed by atoms with Crippen LogP contribution < -0.4 is 5.32 Å². The molecule has 0 aliphatic carbocycles. The Kier molecular flexibility index (Phi) is 5.94. The lowest BCUT2D eigenvalue weighted by Crippen LogP contribution is -2.25. The zero-order valence-electron chi connectivity index (χ0n) is 7.02. The van der Waals surface area contributed by atoms with Gasteiger partial charge in [-0.15, -0.1) is 0 Å². The fourth-order valence-corrected chi connectivity index (χ4v) is 0.910. The molecule has 78 valence electrons. The standard InChI is InChI=1S/C7H12F3NOS/c8-7(9,10)3-1-4-11-6(12)2-5-13/h13H,1-5H2,(H,11,12). The van der Waals surface area contributed by atoms with Crippen LogP contribution in [0.1, 0.15) is 19.3 Å². The van der Waals surface area contributed by atoms with Gasteiger partial charge in [0.2, 0.25) is 5.91 Å². The van der Waals surface area contributed by atoms with E-state index in [2.05, 4.69) is 17.9 Å². The van der Waals surface area contributed by atoms with Gasteiger partial charge >= 0.3 is 6.18 Å². The Morgan fingerprint density at radius 2 is 2.00 bits per heavy atom. The molecule has 2 nitrogen and oxygen atoms in total. The van der Waals surface area contributed by atoms with Crippen molar-refractivity contribution in [1.82, 2.24) is 5.32 Å². The first-order valence-corrected chi connectivity index (χ1v) is 4.53. The third-order valence-electron chi connectivity index (χ3n) is 1.30. The van der Waals surface area contributed by atoms with Crippen molar-refractivity contribution < 1.29 is 18.0 Å². The maximum absolute atomic E-state index is 11.6. The maximum atomic E-state index is 11.6. The van der Waals surface area contributed by atoms with Crippen LogP contribution in [0.25, 0.3) is 0 Å². The first-order chi connectivity index (χ1) is 5.95. The second-order valence-electron chi connectivity index (χ2n) is 2.54. The van der Waals surface area contributed by atoms with Gasteiger partial charge in [-0.25, -0.2) is 0 Å². The Morgan fingerprint density at radius 3 is 2.46 bits per heavy atom. The zero-order valence-corrected chi connectivity index (χ0v) is 7.92. The number of halogens is 3. The van der Waals surface area contributed by atoms with E-state index in [4.69, 9.17) is 0 Å². The molecule has 0 aromatic heterocycles. The van der Waals surface area contributed by atoms with E-state index in [0.29, 0.717) is 5.75 Å². The van der Waals surface area contributed by atoms with Crippen LogP contribution >= 0.6 is 12.6 Å². The van der Waals surface area contributed by atoms with Crippen molar-refractivity contribution in [3.05, 3.63) is 0 Å². The van der Waals surface area contributed by atoms with E-state index < -0.39 is 12.6 Å². The van der Waals surface area contributed by atoms with Crippen LogP contribution in [0.15, 0.2) is 0 Å². The number of carbonyl (C=O) groups is 1. The van der Waals surface area contributed by atoms with Gasteiger partial charge in [-0.1, -0.05) is 0 Å². The van der Waals surface area contributed by atoms with Crippen LogP contribution in [-0.4, -0.2) is 24.4 Å². The molecular weight excluding hydrogens is 203 g/mol. The average Bonchev–Trinajstić information content (AvgIpc) is 1.97. The van der Waals surface area contributed by atoms with E-state index in [1.807, 2.05) is 0 Å². The van der Waals surface area contributed by atoms with Crippen molar-refractivity contribution in [2.24, 2.45) is 0 Å². The summed E-state index contributed by atoms with van der Waals surface area (Å²) in [5.74, 6) is 0.155. The summed E-state index contributed by atoms with van der Waals surface area (Å²) in [7, 11) is 0. The monoisotopic (exact) mass is 215 g/mol. The van der Waals surface area contributed by atoms with Crippen molar-refractivity contribution in [2.75, 3.05) is 12.3 Å². The number of carbonyl (C=O) groups excluding carboxylic acids is 1. The molecular formula is C7H12F3NOS. The van der Waals surface area contributed by atoms with Crippen molar-refractivity contribution >= 4 is 18.5 Å². The summed E-state index contributed by atoms with van der Waals surface area (Å²) in [6, 6.07) is 0.